The molecule has 0 fully saturated rings. The van der Waals surface area contributed by atoms with Crippen LogP contribution in [0, 0.1) is 0 Å². The molecule has 3 nitrogen and oxygen atoms in total. The molecule has 0 saturated heterocycles. The molecule has 0 aliphatic rings. The van der Waals surface area contributed by atoms with E-state index in [0.29, 0.717) is 12.8 Å². The van der Waals surface area contributed by atoms with Crippen LogP contribution in [0.4, 0.5) is 0 Å². The Bertz CT molecular complexity index is 439. The highest BCUT2D eigenvalue weighted by atomic mass is 28.3. The van der Waals surface area contributed by atoms with Gasteiger partial charge >= 0.3 is 5.97 Å². The highest BCUT2D eigenvalue weighted by Crippen LogP contribution is 2.33. The molecule has 0 bridgehead atoms. The molecule has 4 heteroatoms. The fourth-order valence-corrected chi connectivity index (χ4v) is 4.52. The van der Waals surface area contributed by atoms with E-state index in [1.807, 2.05) is 37.3 Å². The smallest absolute Gasteiger partial charge is 0.305 e. The second kappa shape index (κ2) is 7.76. The predicted octanol–water partition coefficient (Wildman–Crippen LogP) is 3.74. The Labute approximate surface area is 129 Å². The molecule has 118 valence electrons. The SMILES string of the molecule is CCC(=O)O[C@@H]([C@@H](c1ccccc1)[C@@H](O)CC)[Si](C)(C)C. The summed E-state index contributed by atoms with van der Waals surface area (Å²) in [7, 11) is -1.79. The lowest BCUT2D eigenvalue weighted by molar-refractivity contribution is -0.147. The van der Waals surface area contributed by atoms with Crippen molar-refractivity contribution in [2.75, 3.05) is 0 Å². The van der Waals surface area contributed by atoms with Crippen LogP contribution in [0.5, 0.6) is 0 Å². The van der Waals surface area contributed by atoms with Gasteiger partial charge in [-0.15, -0.1) is 0 Å². The lowest BCUT2D eigenvalue weighted by atomic mass is 9.92. The minimum atomic E-state index is -1.79. The van der Waals surface area contributed by atoms with Gasteiger partial charge in [0.05, 0.1) is 19.9 Å². The second-order valence-corrected chi connectivity index (χ2v) is 11.8. The van der Waals surface area contributed by atoms with Gasteiger partial charge in [-0.1, -0.05) is 63.8 Å². The lowest BCUT2D eigenvalue weighted by Gasteiger charge is -2.37. The third-order valence-electron chi connectivity index (χ3n) is 3.74. The van der Waals surface area contributed by atoms with Crippen LogP contribution in [0.1, 0.15) is 38.2 Å². The molecule has 0 aliphatic heterocycles. The van der Waals surface area contributed by atoms with Gasteiger partial charge in [0.2, 0.25) is 0 Å². The van der Waals surface area contributed by atoms with Crippen molar-refractivity contribution >= 4 is 14.0 Å². The van der Waals surface area contributed by atoms with Crippen molar-refractivity contribution in [3.05, 3.63) is 35.9 Å². The summed E-state index contributed by atoms with van der Waals surface area (Å²) in [4.78, 5) is 11.8. The van der Waals surface area contributed by atoms with E-state index in [1.165, 1.54) is 0 Å². The number of carbonyl (C=O) groups is 1. The Kier molecular flexibility index (Phi) is 6.62. The molecule has 0 aliphatic carbocycles. The number of hydrogen-bond acceptors (Lipinski definition) is 3. The quantitative estimate of drug-likeness (QED) is 0.616. The van der Waals surface area contributed by atoms with Crippen LogP contribution in [-0.2, 0) is 9.53 Å². The summed E-state index contributed by atoms with van der Waals surface area (Å²) in [6.07, 6.45) is 0.503. The highest BCUT2D eigenvalue weighted by molar-refractivity contribution is 6.77. The second-order valence-electron chi connectivity index (χ2n) is 6.54. The van der Waals surface area contributed by atoms with Gasteiger partial charge in [-0.05, 0) is 12.0 Å². The fourth-order valence-electron chi connectivity index (χ4n) is 2.54. The molecule has 0 unspecified atom stereocenters. The normalized spacial score (nSPS) is 16.1. The summed E-state index contributed by atoms with van der Waals surface area (Å²) in [5, 5.41) is 10.5. The third-order valence-corrected chi connectivity index (χ3v) is 5.93. The summed E-state index contributed by atoms with van der Waals surface area (Å²) in [6, 6.07) is 9.91. The minimum absolute atomic E-state index is 0.154. The first-order chi connectivity index (χ1) is 9.81. The number of aliphatic hydroxyl groups excluding tert-OH is 1. The topological polar surface area (TPSA) is 46.5 Å². The number of aliphatic hydroxyl groups is 1. The van der Waals surface area contributed by atoms with Crippen LogP contribution in [-0.4, -0.2) is 31.0 Å². The van der Waals surface area contributed by atoms with Crippen LogP contribution >= 0.6 is 0 Å². The van der Waals surface area contributed by atoms with Crippen molar-refractivity contribution in [2.24, 2.45) is 0 Å². The Balaban J connectivity index is 3.21. The van der Waals surface area contributed by atoms with Crippen molar-refractivity contribution in [1.29, 1.82) is 0 Å². The molecule has 0 spiro atoms. The first kappa shape index (κ1) is 17.9. The van der Waals surface area contributed by atoms with Crippen LogP contribution in [0.25, 0.3) is 0 Å². The van der Waals surface area contributed by atoms with Crippen molar-refractivity contribution in [3.63, 3.8) is 0 Å². The molecule has 0 saturated carbocycles. The van der Waals surface area contributed by atoms with Crippen molar-refractivity contribution in [3.8, 4) is 0 Å². The Morgan fingerprint density at radius 2 is 1.76 bits per heavy atom. The summed E-state index contributed by atoms with van der Waals surface area (Å²) in [6.45, 7) is 10.3. The van der Waals surface area contributed by atoms with E-state index in [0.717, 1.165) is 5.56 Å². The number of rotatable bonds is 7. The molecule has 0 heterocycles. The van der Waals surface area contributed by atoms with Crippen molar-refractivity contribution < 1.29 is 14.6 Å². The molecular formula is C17H28O3Si. The average molecular weight is 308 g/mol. The van der Waals surface area contributed by atoms with Gasteiger partial charge in [0.15, 0.2) is 0 Å². The Morgan fingerprint density at radius 3 is 2.19 bits per heavy atom. The average Bonchev–Trinajstić information content (AvgIpc) is 2.46. The van der Waals surface area contributed by atoms with Crippen LogP contribution in [0.15, 0.2) is 30.3 Å². The Hall–Kier alpha value is -1.13. The molecule has 1 N–H and O–H groups in total. The monoisotopic (exact) mass is 308 g/mol. The van der Waals surface area contributed by atoms with Crippen LogP contribution in [0.2, 0.25) is 19.6 Å². The first-order valence-corrected chi connectivity index (χ1v) is 11.3. The standard InChI is InChI=1S/C17H28O3Si/c1-6-14(18)16(13-11-9-8-10-12-13)17(21(3,4)5)20-15(19)7-2/h8-12,14,16-18H,6-7H2,1-5H3/t14-,16-,17+/m0/s1. The van der Waals surface area contributed by atoms with E-state index in [9.17, 15) is 9.90 Å². The number of ether oxygens (including phenoxy) is 1. The molecule has 1 aromatic rings. The van der Waals surface area contributed by atoms with Gasteiger partial charge in [-0.25, -0.2) is 0 Å². The molecule has 0 amide bonds. The van der Waals surface area contributed by atoms with E-state index in [1.54, 1.807) is 6.92 Å². The van der Waals surface area contributed by atoms with Crippen molar-refractivity contribution in [1.82, 2.24) is 0 Å². The summed E-state index contributed by atoms with van der Waals surface area (Å²) in [5.74, 6) is -0.343. The number of hydrogen-bond donors (Lipinski definition) is 1. The van der Waals surface area contributed by atoms with Gasteiger partial charge in [-0.3, -0.25) is 4.79 Å². The molecule has 1 rings (SSSR count). The maximum atomic E-state index is 11.8. The van der Waals surface area contributed by atoms with E-state index >= 15 is 0 Å². The van der Waals surface area contributed by atoms with Crippen LogP contribution < -0.4 is 0 Å². The van der Waals surface area contributed by atoms with E-state index in [4.69, 9.17) is 4.74 Å². The molecule has 21 heavy (non-hydrogen) atoms. The van der Waals surface area contributed by atoms with E-state index in [2.05, 4.69) is 19.6 Å². The number of benzene rings is 1. The van der Waals surface area contributed by atoms with Crippen LogP contribution in [0.3, 0.4) is 0 Å². The zero-order valence-electron chi connectivity index (χ0n) is 13.8. The summed E-state index contributed by atoms with van der Waals surface area (Å²) >= 11 is 0. The van der Waals surface area contributed by atoms with Gasteiger partial charge in [0, 0.05) is 12.3 Å². The molecular weight excluding hydrogens is 280 g/mol. The van der Waals surface area contributed by atoms with E-state index < -0.39 is 14.2 Å². The predicted molar refractivity (Wildman–Crippen MR) is 89.0 cm³/mol. The zero-order chi connectivity index (χ0) is 16.0. The summed E-state index contributed by atoms with van der Waals surface area (Å²) in [5.41, 5.74) is 0.825. The van der Waals surface area contributed by atoms with Gasteiger partial charge in [-0.2, -0.15) is 0 Å². The third kappa shape index (κ3) is 4.97. The minimum Gasteiger partial charge on any atom is -0.466 e. The largest absolute Gasteiger partial charge is 0.466 e. The number of carbonyl (C=O) groups excluding carboxylic acids is 1. The zero-order valence-corrected chi connectivity index (χ0v) is 14.8. The molecule has 0 radical (unpaired) electrons. The highest BCUT2D eigenvalue weighted by Gasteiger charge is 2.40. The van der Waals surface area contributed by atoms with Gasteiger partial charge in [0.1, 0.15) is 0 Å². The molecule has 3 atom stereocenters. The fraction of sp³-hybridized carbons (Fsp3) is 0.588. The molecule has 1 aromatic carbocycles. The first-order valence-electron chi connectivity index (χ1n) is 7.73. The van der Waals surface area contributed by atoms with Crippen molar-refractivity contribution in [2.45, 2.75) is 64.1 Å². The van der Waals surface area contributed by atoms with Gasteiger partial charge in [0.25, 0.3) is 0 Å². The summed E-state index contributed by atoms with van der Waals surface area (Å²) < 4.78 is 5.77. The maximum Gasteiger partial charge on any atom is 0.305 e. The van der Waals surface area contributed by atoms with E-state index in [-0.39, 0.29) is 17.6 Å². The maximum absolute atomic E-state index is 11.8. The molecule has 0 aromatic heterocycles. The lowest BCUT2D eigenvalue weighted by Crippen LogP contribution is -2.49. The Morgan fingerprint density at radius 1 is 1.19 bits per heavy atom. The van der Waals surface area contributed by atoms with Gasteiger partial charge < -0.3 is 9.84 Å². The number of esters is 1.